The number of imidazole rings is 1. The van der Waals surface area contributed by atoms with Gasteiger partial charge in [-0.2, -0.15) is 10.4 Å². The molecule has 1 aromatic carbocycles. The summed E-state index contributed by atoms with van der Waals surface area (Å²) in [7, 11) is 0. The zero-order valence-electron chi connectivity index (χ0n) is 19.8. The molecule has 1 aliphatic heterocycles. The van der Waals surface area contributed by atoms with Crippen molar-refractivity contribution in [3.8, 4) is 17.7 Å². The van der Waals surface area contributed by atoms with Crippen LogP contribution in [0, 0.1) is 18.3 Å². The number of hydrogen-bond donors (Lipinski definition) is 2. The third-order valence-electron chi connectivity index (χ3n) is 5.85. The predicted octanol–water partition coefficient (Wildman–Crippen LogP) is 2.62. The lowest BCUT2D eigenvalue weighted by Crippen LogP contribution is -2.20. The number of pyridine rings is 1. The Morgan fingerprint density at radius 2 is 2.03 bits per heavy atom. The van der Waals surface area contributed by atoms with Crippen molar-refractivity contribution in [1.82, 2.24) is 24.3 Å². The molecule has 1 saturated heterocycles. The number of aromatic nitrogens is 5. The minimum absolute atomic E-state index is 0.286. The fraction of sp³-hybridized carbons (Fsp3) is 0.320. The van der Waals surface area contributed by atoms with E-state index in [1.807, 2.05) is 47.9 Å². The van der Waals surface area contributed by atoms with Gasteiger partial charge in [0.1, 0.15) is 24.5 Å². The monoisotopic (exact) mass is 473 g/mol. The van der Waals surface area contributed by atoms with E-state index in [0.717, 1.165) is 41.7 Å². The molecule has 35 heavy (non-hydrogen) atoms. The number of anilines is 1. The second kappa shape index (κ2) is 10.0. The van der Waals surface area contributed by atoms with Crippen LogP contribution in [0.1, 0.15) is 43.3 Å². The van der Waals surface area contributed by atoms with Gasteiger partial charge in [0, 0.05) is 30.0 Å². The van der Waals surface area contributed by atoms with Crippen LogP contribution in [0.5, 0.6) is 0 Å². The molecule has 10 nitrogen and oxygen atoms in total. The summed E-state index contributed by atoms with van der Waals surface area (Å²) in [5.41, 5.74) is 4.41. The Hall–Kier alpha value is -4.07. The van der Waals surface area contributed by atoms with Crippen molar-refractivity contribution in [2.45, 2.75) is 39.4 Å². The third-order valence-corrected chi connectivity index (χ3v) is 5.85. The number of carbonyl (C=O) groups is 1. The van der Waals surface area contributed by atoms with Gasteiger partial charge in [-0.3, -0.25) is 4.57 Å². The van der Waals surface area contributed by atoms with E-state index in [0.29, 0.717) is 29.4 Å². The first-order valence-corrected chi connectivity index (χ1v) is 11.3. The number of aliphatic hydroxyl groups excluding tert-OH is 2. The Kier molecular flexibility index (Phi) is 6.91. The Morgan fingerprint density at radius 1 is 1.26 bits per heavy atom. The Bertz CT molecular complexity index is 1400. The summed E-state index contributed by atoms with van der Waals surface area (Å²) in [6.07, 6.45) is 2.21. The van der Waals surface area contributed by atoms with Gasteiger partial charge in [0.05, 0.1) is 23.2 Å². The SMILES string of the molecule is CC=O.Cc1cc(C#N)nn1-c1nc(-n2cnc3cc(N4CCC(O)C4)ccc32)ccc1C(C)O. The number of aryl methyl sites for hydroxylation is 1. The summed E-state index contributed by atoms with van der Waals surface area (Å²) < 4.78 is 3.47. The fourth-order valence-electron chi connectivity index (χ4n) is 4.18. The maximum Gasteiger partial charge on any atom is 0.163 e. The van der Waals surface area contributed by atoms with Gasteiger partial charge in [0.2, 0.25) is 0 Å². The van der Waals surface area contributed by atoms with Crippen LogP contribution in [0.25, 0.3) is 22.7 Å². The maximum absolute atomic E-state index is 10.3. The fourth-order valence-corrected chi connectivity index (χ4v) is 4.18. The number of rotatable bonds is 4. The molecule has 10 heteroatoms. The Labute approximate surface area is 202 Å². The topological polar surface area (TPSA) is 133 Å². The molecular weight excluding hydrogens is 446 g/mol. The van der Waals surface area contributed by atoms with Crippen LogP contribution in [-0.2, 0) is 4.79 Å². The molecule has 0 radical (unpaired) electrons. The molecular formula is C25H27N7O3. The molecule has 0 amide bonds. The second-order valence-electron chi connectivity index (χ2n) is 8.36. The lowest BCUT2D eigenvalue weighted by molar-refractivity contribution is -0.106. The van der Waals surface area contributed by atoms with Crippen LogP contribution >= 0.6 is 0 Å². The zero-order chi connectivity index (χ0) is 25.1. The summed E-state index contributed by atoms with van der Waals surface area (Å²) in [6, 6.07) is 13.4. The highest BCUT2D eigenvalue weighted by Gasteiger charge is 2.21. The van der Waals surface area contributed by atoms with Crippen molar-refractivity contribution < 1.29 is 15.0 Å². The van der Waals surface area contributed by atoms with Crippen molar-refractivity contribution in [3.05, 3.63) is 59.7 Å². The minimum Gasteiger partial charge on any atom is -0.391 e. The number of carbonyl (C=O) groups excluding carboxylic acids is 1. The number of benzene rings is 1. The molecule has 2 atom stereocenters. The molecule has 1 aliphatic rings. The van der Waals surface area contributed by atoms with Gasteiger partial charge in [0.25, 0.3) is 0 Å². The van der Waals surface area contributed by atoms with Crippen LogP contribution in [0.3, 0.4) is 0 Å². The first-order valence-electron chi connectivity index (χ1n) is 11.3. The molecule has 4 heterocycles. The van der Waals surface area contributed by atoms with Crippen molar-refractivity contribution >= 4 is 23.0 Å². The van der Waals surface area contributed by atoms with Gasteiger partial charge < -0.3 is 19.9 Å². The van der Waals surface area contributed by atoms with Crippen LogP contribution in [0.2, 0.25) is 0 Å². The van der Waals surface area contributed by atoms with Crippen LogP contribution in [0.15, 0.2) is 42.7 Å². The van der Waals surface area contributed by atoms with Gasteiger partial charge in [-0.25, -0.2) is 14.6 Å². The molecule has 1 fully saturated rings. The van der Waals surface area contributed by atoms with E-state index in [1.54, 1.807) is 24.0 Å². The van der Waals surface area contributed by atoms with Gasteiger partial charge in [-0.15, -0.1) is 0 Å². The standard InChI is InChI=1S/C23H23N7O2.C2H4O/c1-14-9-16(11-24)27-30(14)23-19(15(2)31)4-6-22(26-23)29-13-25-20-10-17(3-5-21(20)29)28-8-7-18(32)12-28;1-2-3/h3-6,9-10,13,15,18,31-32H,7-8,12H2,1-2H3;2H,1H3. The third kappa shape index (κ3) is 4.77. The molecule has 4 aromatic rings. The number of hydrogen-bond acceptors (Lipinski definition) is 8. The average Bonchev–Trinajstić information content (AvgIpc) is 3.56. The first-order chi connectivity index (χ1) is 16.9. The zero-order valence-corrected chi connectivity index (χ0v) is 19.8. The Balaban J connectivity index is 0.000000917. The van der Waals surface area contributed by atoms with E-state index in [2.05, 4.69) is 15.0 Å². The Morgan fingerprint density at radius 3 is 2.66 bits per heavy atom. The number of nitriles is 1. The minimum atomic E-state index is -0.751. The summed E-state index contributed by atoms with van der Waals surface area (Å²) >= 11 is 0. The lowest BCUT2D eigenvalue weighted by Gasteiger charge is -2.18. The molecule has 3 aromatic heterocycles. The van der Waals surface area contributed by atoms with Gasteiger partial charge in [0.15, 0.2) is 11.5 Å². The molecule has 0 aliphatic carbocycles. The molecule has 0 saturated carbocycles. The summed E-state index contributed by atoms with van der Waals surface area (Å²) in [6.45, 7) is 6.42. The average molecular weight is 474 g/mol. The summed E-state index contributed by atoms with van der Waals surface area (Å²) in [5.74, 6) is 1.10. The van der Waals surface area contributed by atoms with Crippen molar-refractivity contribution in [2.75, 3.05) is 18.0 Å². The smallest absolute Gasteiger partial charge is 0.163 e. The van der Waals surface area contributed by atoms with Crippen LogP contribution < -0.4 is 4.90 Å². The molecule has 180 valence electrons. The summed E-state index contributed by atoms with van der Waals surface area (Å²) in [4.78, 5) is 20.3. The predicted molar refractivity (Wildman–Crippen MR) is 131 cm³/mol. The largest absolute Gasteiger partial charge is 0.391 e. The van der Waals surface area contributed by atoms with E-state index >= 15 is 0 Å². The number of nitrogens with zero attached hydrogens (tertiary/aromatic N) is 7. The van der Waals surface area contributed by atoms with Crippen molar-refractivity contribution in [3.63, 3.8) is 0 Å². The molecule has 0 spiro atoms. The molecule has 5 rings (SSSR count). The maximum atomic E-state index is 10.3. The highest BCUT2D eigenvalue weighted by atomic mass is 16.3. The number of fused-ring (bicyclic) bond motifs is 1. The first kappa shape index (κ1) is 24.1. The van der Waals surface area contributed by atoms with Crippen molar-refractivity contribution in [2.24, 2.45) is 0 Å². The van der Waals surface area contributed by atoms with Crippen LogP contribution in [-0.4, -0.2) is 60.0 Å². The molecule has 0 bridgehead atoms. The highest BCUT2D eigenvalue weighted by Crippen LogP contribution is 2.28. The number of aldehydes is 1. The van der Waals surface area contributed by atoms with E-state index in [1.165, 1.54) is 6.92 Å². The number of β-amino-alcohol motifs (C(OH)–C–C–N with tert-alkyl or cyclic N) is 1. The number of aliphatic hydroxyl groups is 2. The van der Waals surface area contributed by atoms with Crippen molar-refractivity contribution in [1.29, 1.82) is 5.26 Å². The van der Waals surface area contributed by atoms with Gasteiger partial charge in [-0.05, 0) is 63.6 Å². The molecule has 2 N–H and O–H groups in total. The lowest BCUT2D eigenvalue weighted by atomic mass is 10.1. The van der Waals surface area contributed by atoms with E-state index in [4.69, 9.17) is 9.78 Å². The second-order valence-corrected chi connectivity index (χ2v) is 8.36. The molecule has 2 unspecified atom stereocenters. The van der Waals surface area contributed by atoms with Crippen LogP contribution in [0.4, 0.5) is 5.69 Å². The van der Waals surface area contributed by atoms with E-state index in [-0.39, 0.29) is 6.10 Å². The summed E-state index contributed by atoms with van der Waals surface area (Å²) in [5, 5.41) is 33.6. The van der Waals surface area contributed by atoms with Gasteiger partial charge in [-0.1, -0.05) is 0 Å². The highest BCUT2D eigenvalue weighted by molar-refractivity contribution is 5.81. The quantitative estimate of drug-likeness (QED) is 0.432. The van der Waals surface area contributed by atoms with E-state index in [9.17, 15) is 15.5 Å². The normalized spacial score (nSPS) is 16.0. The van der Waals surface area contributed by atoms with E-state index < -0.39 is 6.10 Å². The van der Waals surface area contributed by atoms with Gasteiger partial charge >= 0.3 is 0 Å².